The monoisotopic (exact) mass is 290 g/mol. The quantitative estimate of drug-likeness (QED) is 0.918. The van der Waals surface area contributed by atoms with Crippen LogP contribution in [0.4, 0.5) is 0 Å². The lowest BCUT2D eigenvalue weighted by Gasteiger charge is -2.28. The molecule has 2 aromatic rings. The van der Waals surface area contributed by atoms with Crippen molar-refractivity contribution in [2.45, 2.75) is 24.8 Å². The Labute approximate surface area is 123 Å². The lowest BCUT2D eigenvalue weighted by molar-refractivity contribution is -0.0214. The van der Waals surface area contributed by atoms with Gasteiger partial charge in [-0.2, -0.15) is 0 Å². The summed E-state index contributed by atoms with van der Waals surface area (Å²) >= 11 is 6.22. The number of hydrogen-bond donors (Lipinski definition) is 1. The fourth-order valence-corrected chi connectivity index (χ4v) is 3.57. The first-order valence-electron chi connectivity index (χ1n) is 7.41. The molecule has 0 amide bonds. The van der Waals surface area contributed by atoms with Crippen LogP contribution in [0.5, 0.6) is 0 Å². The topological polar surface area (TPSA) is 26.2 Å². The second-order valence-electron chi connectivity index (χ2n) is 5.87. The van der Waals surface area contributed by atoms with E-state index in [0.29, 0.717) is 12.0 Å². The van der Waals surface area contributed by atoms with E-state index in [4.69, 9.17) is 16.3 Å². The molecule has 3 nitrogen and oxygen atoms in total. The second kappa shape index (κ2) is 5.06. The molecule has 1 aromatic carbocycles. The highest BCUT2D eigenvalue weighted by molar-refractivity contribution is 6.31. The van der Waals surface area contributed by atoms with E-state index in [-0.39, 0.29) is 0 Å². The molecule has 106 valence electrons. The second-order valence-corrected chi connectivity index (χ2v) is 6.31. The van der Waals surface area contributed by atoms with Crippen LogP contribution in [0.3, 0.4) is 0 Å². The van der Waals surface area contributed by atoms with Gasteiger partial charge in [0, 0.05) is 22.1 Å². The number of ether oxygens (including phenoxy) is 1. The van der Waals surface area contributed by atoms with Crippen molar-refractivity contribution in [2.24, 2.45) is 0 Å². The van der Waals surface area contributed by atoms with Gasteiger partial charge in [0.15, 0.2) is 0 Å². The third kappa shape index (κ3) is 2.05. The Bertz CT molecular complexity index is 627. The molecule has 4 rings (SSSR count). The van der Waals surface area contributed by atoms with Crippen LogP contribution in [0, 0.1) is 0 Å². The first-order chi connectivity index (χ1) is 9.83. The van der Waals surface area contributed by atoms with Gasteiger partial charge in [-0.25, -0.2) is 0 Å². The summed E-state index contributed by atoms with van der Waals surface area (Å²) in [6, 6.07) is 6.77. The maximum absolute atomic E-state index is 6.22. The zero-order valence-corrected chi connectivity index (χ0v) is 12.2. The third-order valence-electron chi connectivity index (χ3n) is 4.62. The van der Waals surface area contributed by atoms with Crippen LogP contribution in [0.2, 0.25) is 5.02 Å². The summed E-state index contributed by atoms with van der Waals surface area (Å²) in [7, 11) is 0. The van der Waals surface area contributed by atoms with Crippen LogP contribution in [0.25, 0.3) is 10.9 Å². The van der Waals surface area contributed by atoms with Gasteiger partial charge in [0.2, 0.25) is 0 Å². The summed E-state index contributed by atoms with van der Waals surface area (Å²) in [5, 5.41) is 5.60. The lowest BCUT2D eigenvalue weighted by Crippen LogP contribution is -2.30. The molecule has 0 aliphatic carbocycles. The maximum atomic E-state index is 6.22. The van der Waals surface area contributed by atoms with E-state index < -0.39 is 0 Å². The number of halogens is 1. The van der Waals surface area contributed by atoms with Gasteiger partial charge < -0.3 is 14.6 Å². The molecule has 2 aliphatic rings. The summed E-state index contributed by atoms with van der Waals surface area (Å²) < 4.78 is 7.76. The van der Waals surface area contributed by atoms with Gasteiger partial charge in [-0.05, 0) is 55.6 Å². The van der Waals surface area contributed by atoms with Crippen molar-refractivity contribution in [3.8, 4) is 0 Å². The number of aromatic nitrogens is 1. The Morgan fingerprint density at radius 1 is 1.20 bits per heavy atom. The van der Waals surface area contributed by atoms with Crippen molar-refractivity contribution in [3.05, 3.63) is 35.0 Å². The Kier molecular flexibility index (Phi) is 3.21. The number of benzene rings is 1. The van der Waals surface area contributed by atoms with Gasteiger partial charge >= 0.3 is 0 Å². The molecular weight excluding hydrogens is 272 g/mol. The fourth-order valence-electron chi connectivity index (χ4n) is 3.40. The predicted molar refractivity (Wildman–Crippen MR) is 81.6 cm³/mol. The minimum atomic E-state index is 0.495. The molecule has 2 saturated heterocycles. The zero-order valence-electron chi connectivity index (χ0n) is 11.4. The van der Waals surface area contributed by atoms with Gasteiger partial charge in [-0.3, -0.25) is 0 Å². The SMILES string of the molecule is Clc1ccc2c(c1)c(C1CCNCC1)cn2C1COC1. The number of nitrogens with zero attached hydrogens (tertiary/aromatic N) is 1. The number of nitrogens with one attached hydrogen (secondary N) is 1. The van der Waals surface area contributed by atoms with Crippen molar-refractivity contribution >= 4 is 22.5 Å². The van der Waals surface area contributed by atoms with Crippen LogP contribution in [0.15, 0.2) is 24.4 Å². The predicted octanol–water partition coefficient (Wildman–Crippen LogP) is 3.33. The van der Waals surface area contributed by atoms with Crippen LogP contribution < -0.4 is 5.32 Å². The highest BCUT2D eigenvalue weighted by Gasteiger charge is 2.26. The molecule has 0 atom stereocenters. The average Bonchev–Trinajstić information content (AvgIpc) is 2.77. The highest BCUT2D eigenvalue weighted by Crippen LogP contribution is 2.36. The Balaban J connectivity index is 1.83. The van der Waals surface area contributed by atoms with E-state index in [0.717, 1.165) is 31.3 Å². The van der Waals surface area contributed by atoms with Gasteiger partial charge in [0.05, 0.1) is 19.3 Å². The van der Waals surface area contributed by atoms with Crippen molar-refractivity contribution < 1.29 is 4.74 Å². The molecule has 20 heavy (non-hydrogen) atoms. The number of hydrogen-bond acceptors (Lipinski definition) is 2. The molecule has 2 fully saturated rings. The Morgan fingerprint density at radius 3 is 2.70 bits per heavy atom. The van der Waals surface area contributed by atoms with Gasteiger partial charge in [-0.15, -0.1) is 0 Å². The molecule has 1 N–H and O–H groups in total. The average molecular weight is 291 g/mol. The first kappa shape index (κ1) is 12.7. The summed E-state index contributed by atoms with van der Waals surface area (Å²) in [6.45, 7) is 3.89. The van der Waals surface area contributed by atoms with Crippen LogP contribution >= 0.6 is 11.6 Å². The fraction of sp³-hybridized carbons (Fsp3) is 0.500. The minimum absolute atomic E-state index is 0.495. The van der Waals surface area contributed by atoms with Crippen LogP contribution in [-0.4, -0.2) is 30.9 Å². The van der Waals surface area contributed by atoms with E-state index in [1.807, 2.05) is 6.07 Å². The minimum Gasteiger partial charge on any atom is -0.377 e. The summed E-state index contributed by atoms with van der Waals surface area (Å²) in [4.78, 5) is 0. The standard InChI is InChI=1S/C16H19ClN2O/c17-12-1-2-16-14(7-12)15(11-3-5-18-6-4-11)8-19(16)13-9-20-10-13/h1-2,7-8,11,13,18H,3-6,9-10H2. The molecule has 0 spiro atoms. The van der Waals surface area contributed by atoms with Gasteiger partial charge in [-0.1, -0.05) is 11.6 Å². The van der Waals surface area contributed by atoms with E-state index in [2.05, 4.69) is 28.2 Å². The van der Waals surface area contributed by atoms with Crippen molar-refractivity contribution in [1.29, 1.82) is 0 Å². The largest absolute Gasteiger partial charge is 0.377 e. The molecule has 0 unspecified atom stereocenters. The van der Waals surface area contributed by atoms with E-state index in [1.54, 1.807) is 0 Å². The molecule has 1 aromatic heterocycles. The maximum Gasteiger partial charge on any atom is 0.0803 e. The molecule has 4 heteroatoms. The molecule has 0 radical (unpaired) electrons. The van der Waals surface area contributed by atoms with Gasteiger partial charge in [0.1, 0.15) is 0 Å². The number of piperidine rings is 1. The zero-order chi connectivity index (χ0) is 13.5. The van der Waals surface area contributed by atoms with Crippen LogP contribution in [-0.2, 0) is 4.74 Å². The summed E-state index contributed by atoms with van der Waals surface area (Å²) in [5.74, 6) is 0.652. The molecule has 2 aliphatic heterocycles. The Hall–Kier alpha value is -1.03. The molecule has 3 heterocycles. The molecule has 0 bridgehead atoms. The summed E-state index contributed by atoms with van der Waals surface area (Å²) in [5.41, 5.74) is 2.77. The number of rotatable bonds is 2. The van der Waals surface area contributed by atoms with Crippen molar-refractivity contribution in [1.82, 2.24) is 9.88 Å². The third-order valence-corrected chi connectivity index (χ3v) is 4.85. The lowest BCUT2D eigenvalue weighted by atomic mass is 9.90. The smallest absolute Gasteiger partial charge is 0.0803 e. The van der Waals surface area contributed by atoms with Crippen molar-refractivity contribution in [3.63, 3.8) is 0 Å². The van der Waals surface area contributed by atoms with E-state index in [9.17, 15) is 0 Å². The Morgan fingerprint density at radius 2 is 2.00 bits per heavy atom. The summed E-state index contributed by atoms with van der Waals surface area (Å²) in [6.07, 6.45) is 4.78. The van der Waals surface area contributed by atoms with Crippen LogP contribution in [0.1, 0.15) is 30.4 Å². The number of fused-ring (bicyclic) bond motifs is 1. The highest BCUT2D eigenvalue weighted by atomic mass is 35.5. The van der Waals surface area contributed by atoms with E-state index in [1.165, 1.54) is 29.3 Å². The first-order valence-corrected chi connectivity index (χ1v) is 7.79. The normalized spacial score (nSPS) is 21.2. The van der Waals surface area contributed by atoms with Crippen molar-refractivity contribution in [2.75, 3.05) is 26.3 Å². The van der Waals surface area contributed by atoms with Gasteiger partial charge in [0.25, 0.3) is 0 Å². The van der Waals surface area contributed by atoms with E-state index >= 15 is 0 Å². The molecule has 0 saturated carbocycles. The molecular formula is C16H19ClN2O.